The topological polar surface area (TPSA) is 77.7 Å². The minimum Gasteiger partial charge on any atom is -0.486 e. The molecule has 150 valence electrons. The lowest BCUT2D eigenvalue weighted by molar-refractivity contribution is -0.114. The molecule has 0 bridgehead atoms. The van der Waals surface area contributed by atoms with Crippen LogP contribution >= 0.6 is 11.6 Å². The number of carbonyl (C=O) groups excluding carboxylic acids is 1. The fourth-order valence-corrected chi connectivity index (χ4v) is 3.08. The van der Waals surface area contributed by atoms with Gasteiger partial charge in [-0.3, -0.25) is 4.79 Å². The number of amides is 1. The number of carbonyl (C=O) groups is 1. The molecule has 0 spiro atoms. The van der Waals surface area contributed by atoms with Crippen molar-refractivity contribution in [3.8, 4) is 11.4 Å². The fourth-order valence-electron chi connectivity index (χ4n) is 2.85. The number of ether oxygens (including phenoxy) is 1. The summed E-state index contributed by atoms with van der Waals surface area (Å²) in [6.45, 7) is 2.20. The molecule has 1 N–H and O–H groups in total. The molecular formula is C21H21ClN4O3. The lowest BCUT2D eigenvalue weighted by atomic mass is 10.0. The van der Waals surface area contributed by atoms with Crippen molar-refractivity contribution in [1.29, 1.82) is 0 Å². The van der Waals surface area contributed by atoms with Crippen LogP contribution in [0.15, 0.2) is 60.0 Å². The van der Waals surface area contributed by atoms with E-state index >= 15 is 0 Å². The molecule has 7 nitrogen and oxygen atoms in total. The Bertz CT molecular complexity index is 1050. The van der Waals surface area contributed by atoms with Crippen LogP contribution in [-0.2, 0) is 16.2 Å². The highest BCUT2D eigenvalue weighted by molar-refractivity contribution is 6.45. The Morgan fingerprint density at radius 2 is 2.07 bits per heavy atom. The predicted octanol–water partition coefficient (Wildman–Crippen LogP) is 3.51. The number of nitrogens with zero attached hydrogens (tertiary/aromatic N) is 3. The Morgan fingerprint density at radius 1 is 1.28 bits per heavy atom. The van der Waals surface area contributed by atoms with E-state index in [1.165, 1.54) is 7.11 Å². The summed E-state index contributed by atoms with van der Waals surface area (Å²) >= 11 is 6.02. The number of hydrogen-bond donors (Lipinski definition) is 1. The van der Waals surface area contributed by atoms with Gasteiger partial charge in [0.1, 0.15) is 13.7 Å². The molecule has 3 aromatic rings. The maximum absolute atomic E-state index is 12.2. The largest absolute Gasteiger partial charge is 0.486 e. The molecule has 0 radical (unpaired) electrons. The molecule has 29 heavy (non-hydrogen) atoms. The fraction of sp³-hybridized carbons (Fsp3) is 0.190. The van der Waals surface area contributed by atoms with E-state index in [2.05, 4.69) is 15.6 Å². The van der Waals surface area contributed by atoms with E-state index in [1.807, 2.05) is 43.3 Å². The first-order valence-electron chi connectivity index (χ1n) is 8.89. The maximum atomic E-state index is 12.2. The van der Waals surface area contributed by atoms with E-state index in [1.54, 1.807) is 30.2 Å². The summed E-state index contributed by atoms with van der Waals surface area (Å²) in [4.78, 5) is 17.0. The van der Waals surface area contributed by atoms with E-state index in [0.29, 0.717) is 16.3 Å². The van der Waals surface area contributed by atoms with Gasteiger partial charge in [-0.15, -0.1) is 0 Å². The predicted molar refractivity (Wildman–Crippen MR) is 112 cm³/mol. The minimum absolute atomic E-state index is 0.182. The Labute approximate surface area is 173 Å². The number of hydrogen-bond acceptors (Lipinski definition) is 5. The van der Waals surface area contributed by atoms with Crippen LogP contribution < -0.4 is 10.1 Å². The molecule has 8 heteroatoms. The Kier molecular flexibility index (Phi) is 6.51. The van der Waals surface area contributed by atoms with Gasteiger partial charge in [-0.2, -0.15) is 5.10 Å². The summed E-state index contributed by atoms with van der Waals surface area (Å²) in [5.41, 5.74) is 3.53. The molecule has 1 aromatic heterocycles. The van der Waals surface area contributed by atoms with Gasteiger partial charge in [0.15, 0.2) is 11.5 Å². The number of aromatic nitrogens is 2. The summed E-state index contributed by atoms with van der Waals surface area (Å²) in [7, 11) is 2.94. The first kappa shape index (κ1) is 20.4. The van der Waals surface area contributed by atoms with E-state index < -0.39 is 0 Å². The molecule has 1 heterocycles. The van der Waals surface area contributed by atoms with Crippen molar-refractivity contribution in [2.45, 2.75) is 13.5 Å². The van der Waals surface area contributed by atoms with Gasteiger partial charge < -0.3 is 14.9 Å². The number of aryl methyl sites for hydroxylation is 1. The van der Waals surface area contributed by atoms with E-state index in [-0.39, 0.29) is 18.2 Å². The van der Waals surface area contributed by atoms with Gasteiger partial charge in [-0.05, 0) is 36.2 Å². The van der Waals surface area contributed by atoms with Gasteiger partial charge in [-0.25, -0.2) is 4.68 Å². The molecular weight excluding hydrogens is 392 g/mol. The summed E-state index contributed by atoms with van der Waals surface area (Å²) in [5.74, 6) is 0.254. The maximum Gasteiger partial charge on any atom is 0.273 e. The standard InChI is InChI=1S/C21H21ClN4O3/c1-14-10-16(22)8-9-19(14)26-12-17(11-24-26)29-13-15-6-4-5-7-18(15)20(25-28-3)21(27)23-2/h4-12H,13H2,1-3H3,(H,23,27). The number of benzene rings is 2. The second-order valence-electron chi connectivity index (χ2n) is 6.20. The van der Waals surface area contributed by atoms with Crippen LogP contribution in [0.1, 0.15) is 16.7 Å². The molecule has 0 fully saturated rings. The lowest BCUT2D eigenvalue weighted by Gasteiger charge is -2.11. The number of oxime groups is 1. The number of nitrogens with one attached hydrogen (secondary N) is 1. The molecule has 0 unspecified atom stereocenters. The van der Waals surface area contributed by atoms with Crippen LogP contribution in [-0.4, -0.2) is 35.6 Å². The molecule has 0 aliphatic carbocycles. The monoisotopic (exact) mass is 412 g/mol. The zero-order valence-corrected chi connectivity index (χ0v) is 17.1. The third kappa shape index (κ3) is 4.75. The van der Waals surface area contributed by atoms with Crippen molar-refractivity contribution in [3.05, 3.63) is 76.6 Å². The smallest absolute Gasteiger partial charge is 0.273 e. The molecule has 2 aromatic carbocycles. The van der Waals surface area contributed by atoms with Crippen molar-refractivity contribution in [3.63, 3.8) is 0 Å². The van der Waals surface area contributed by atoms with Gasteiger partial charge in [0.2, 0.25) is 0 Å². The minimum atomic E-state index is -0.342. The quantitative estimate of drug-likeness (QED) is 0.476. The third-order valence-corrected chi connectivity index (χ3v) is 4.49. The Hall–Kier alpha value is -3.32. The van der Waals surface area contributed by atoms with Crippen LogP contribution in [0.25, 0.3) is 5.69 Å². The molecule has 0 saturated heterocycles. The van der Waals surface area contributed by atoms with E-state index in [9.17, 15) is 4.79 Å². The van der Waals surface area contributed by atoms with Gasteiger partial charge >= 0.3 is 0 Å². The molecule has 3 rings (SSSR count). The number of likely N-dealkylation sites (N-methyl/N-ethyl adjacent to an activating group) is 1. The average molecular weight is 413 g/mol. The van der Waals surface area contributed by atoms with Crippen LogP contribution in [0.4, 0.5) is 0 Å². The highest BCUT2D eigenvalue weighted by Crippen LogP contribution is 2.21. The number of rotatable bonds is 7. The number of halogens is 1. The first-order valence-corrected chi connectivity index (χ1v) is 9.26. The Morgan fingerprint density at radius 3 is 2.79 bits per heavy atom. The zero-order chi connectivity index (χ0) is 20.8. The highest BCUT2D eigenvalue weighted by Gasteiger charge is 2.17. The first-order chi connectivity index (χ1) is 14.0. The summed E-state index contributed by atoms with van der Waals surface area (Å²) in [5, 5.41) is 11.5. The van der Waals surface area contributed by atoms with E-state index in [0.717, 1.165) is 16.8 Å². The molecule has 0 atom stereocenters. The van der Waals surface area contributed by atoms with Crippen LogP contribution in [0.3, 0.4) is 0 Å². The van der Waals surface area contributed by atoms with Crippen LogP contribution in [0, 0.1) is 6.92 Å². The van der Waals surface area contributed by atoms with Crippen LogP contribution in [0.5, 0.6) is 5.75 Å². The van der Waals surface area contributed by atoms with Crippen LogP contribution in [0.2, 0.25) is 5.02 Å². The van der Waals surface area contributed by atoms with Gasteiger partial charge in [0, 0.05) is 17.6 Å². The molecule has 0 aliphatic heterocycles. The third-order valence-electron chi connectivity index (χ3n) is 4.26. The average Bonchev–Trinajstić information content (AvgIpc) is 3.19. The van der Waals surface area contributed by atoms with Gasteiger partial charge in [0.05, 0.1) is 18.1 Å². The van der Waals surface area contributed by atoms with Crippen molar-refractivity contribution in [1.82, 2.24) is 15.1 Å². The SMILES string of the molecule is CNC(=O)C(=NOC)c1ccccc1COc1cnn(-c2ccc(Cl)cc2C)c1. The zero-order valence-electron chi connectivity index (χ0n) is 16.3. The summed E-state index contributed by atoms with van der Waals surface area (Å²) in [6, 6.07) is 13.0. The van der Waals surface area contributed by atoms with Crippen molar-refractivity contribution in [2.75, 3.05) is 14.2 Å². The van der Waals surface area contributed by atoms with Crippen molar-refractivity contribution >= 4 is 23.2 Å². The Balaban J connectivity index is 1.80. The highest BCUT2D eigenvalue weighted by atomic mass is 35.5. The summed E-state index contributed by atoms with van der Waals surface area (Å²) < 4.78 is 7.63. The molecule has 0 saturated carbocycles. The van der Waals surface area contributed by atoms with Crippen molar-refractivity contribution in [2.24, 2.45) is 5.16 Å². The molecule has 0 aliphatic rings. The van der Waals surface area contributed by atoms with E-state index in [4.69, 9.17) is 21.2 Å². The normalized spacial score (nSPS) is 11.2. The van der Waals surface area contributed by atoms with Crippen molar-refractivity contribution < 1.29 is 14.4 Å². The summed E-state index contributed by atoms with van der Waals surface area (Å²) in [6.07, 6.45) is 3.43. The second kappa shape index (κ2) is 9.25. The van der Waals surface area contributed by atoms with Gasteiger partial charge in [0.25, 0.3) is 5.91 Å². The lowest BCUT2D eigenvalue weighted by Crippen LogP contribution is -2.29. The molecule has 1 amide bonds. The second-order valence-corrected chi connectivity index (χ2v) is 6.64. The van der Waals surface area contributed by atoms with Gasteiger partial charge in [-0.1, -0.05) is 41.0 Å².